The van der Waals surface area contributed by atoms with Crippen LogP contribution in [0, 0.1) is 11.7 Å². The molecule has 9 heteroatoms. The molecule has 0 radical (unpaired) electrons. The standard InChI is InChI=1S/C19H23FN4O4/c1-2-28-19(27)13-6-5-9-23(10-13)18(26)16-11-24(22-21-16)12-17(25)14-7-3-4-8-15(14)20/h3-4,7-8,11,13,17,25H,2,5-6,9-10,12H2,1H3/t13-,17-/m0/s1. The van der Waals surface area contributed by atoms with Gasteiger partial charge in [0.1, 0.15) is 11.9 Å². The summed E-state index contributed by atoms with van der Waals surface area (Å²) in [5.41, 5.74) is 0.268. The number of aromatic nitrogens is 3. The number of esters is 1. The highest BCUT2D eigenvalue weighted by Crippen LogP contribution is 2.20. The number of aliphatic hydroxyl groups excluding tert-OH is 1. The predicted molar refractivity (Wildman–Crippen MR) is 96.6 cm³/mol. The summed E-state index contributed by atoms with van der Waals surface area (Å²) in [5.74, 6) is -1.47. The number of hydrogen-bond acceptors (Lipinski definition) is 6. The van der Waals surface area contributed by atoms with Gasteiger partial charge in [0.15, 0.2) is 5.69 Å². The molecule has 1 aliphatic heterocycles. The first-order valence-corrected chi connectivity index (χ1v) is 9.28. The fourth-order valence-corrected chi connectivity index (χ4v) is 3.28. The summed E-state index contributed by atoms with van der Waals surface area (Å²) in [6.07, 6.45) is 1.69. The first kappa shape index (κ1) is 19.9. The molecule has 1 amide bonds. The van der Waals surface area contributed by atoms with Gasteiger partial charge in [-0.15, -0.1) is 5.10 Å². The minimum absolute atomic E-state index is 0.0351. The maximum Gasteiger partial charge on any atom is 0.310 e. The summed E-state index contributed by atoms with van der Waals surface area (Å²) in [6, 6.07) is 5.94. The van der Waals surface area contributed by atoms with Crippen molar-refractivity contribution in [3.63, 3.8) is 0 Å². The second kappa shape index (κ2) is 8.92. The van der Waals surface area contributed by atoms with E-state index in [0.29, 0.717) is 26.0 Å². The van der Waals surface area contributed by atoms with E-state index >= 15 is 0 Å². The lowest BCUT2D eigenvalue weighted by Crippen LogP contribution is -2.43. The number of aliphatic hydroxyl groups is 1. The second-order valence-electron chi connectivity index (χ2n) is 6.71. The van der Waals surface area contributed by atoms with Crippen molar-refractivity contribution in [1.82, 2.24) is 19.9 Å². The van der Waals surface area contributed by atoms with Crippen LogP contribution in [0.3, 0.4) is 0 Å². The summed E-state index contributed by atoms with van der Waals surface area (Å²) >= 11 is 0. The first-order chi connectivity index (χ1) is 13.5. The number of piperidine rings is 1. The number of ether oxygens (including phenoxy) is 1. The van der Waals surface area contributed by atoms with Crippen LogP contribution < -0.4 is 0 Å². The molecule has 0 spiro atoms. The highest BCUT2D eigenvalue weighted by molar-refractivity contribution is 5.92. The van der Waals surface area contributed by atoms with Crippen LogP contribution in [0.2, 0.25) is 0 Å². The van der Waals surface area contributed by atoms with E-state index in [1.165, 1.54) is 23.0 Å². The summed E-state index contributed by atoms with van der Waals surface area (Å²) in [6.45, 7) is 2.83. The number of rotatable bonds is 6. The molecule has 3 rings (SSSR count). The van der Waals surface area contributed by atoms with Gasteiger partial charge in [-0.05, 0) is 25.8 Å². The van der Waals surface area contributed by atoms with Crippen LogP contribution in [-0.4, -0.2) is 56.6 Å². The Kier molecular flexibility index (Phi) is 6.35. The number of likely N-dealkylation sites (tertiary alicyclic amines) is 1. The van der Waals surface area contributed by atoms with Crippen molar-refractivity contribution in [3.05, 3.63) is 47.5 Å². The van der Waals surface area contributed by atoms with Gasteiger partial charge in [0, 0.05) is 18.7 Å². The summed E-state index contributed by atoms with van der Waals surface area (Å²) in [5, 5.41) is 17.9. The Balaban J connectivity index is 1.64. The number of benzene rings is 1. The molecule has 28 heavy (non-hydrogen) atoms. The third-order valence-electron chi connectivity index (χ3n) is 4.71. The lowest BCUT2D eigenvalue weighted by molar-refractivity contribution is -0.149. The predicted octanol–water partition coefficient (Wildman–Crippen LogP) is 1.57. The van der Waals surface area contributed by atoms with E-state index in [0.717, 1.165) is 0 Å². The Bertz CT molecular complexity index is 841. The van der Waals surface area contributed by atoms with Gasteiger partial charge in [-0.2, -0.15) is 0 Å². The molecule has 0 bridgehead atoms. The van der Waals surface area contributed by atoms with Crippen LogP contribution >= 0.6 is 0 Å². The van der Waals surface area contributed by atoms with Crippen molar-refractivity contribution in [1.29, 1.82) is 0 Å². The minimum Gasteiger partial charge on any atom is -0.466 e. The van der Waals surface area contributed by atoms with Crippen molar-refractivity contribution in [2.45, 2.75) is 32.4 Å². The Labute approximate surface area is 161 Å². The van der Waals surface area contributed by atoms with Gasteiger partial charge in [0.05, 0.1) is 25.3 Å². The van der Waals surface area contributed by atoms with Crippen molar-refractivity contribution < 1.29 is 23.8 Å². The fourth-order valence-electron chi connectivity index (χ4n) is 3.28. The van der Waals surface area contributed by atoms with E-state index in [2.05, 4.69) is 10.3 Å². The Morgan fingerprint density at radius 3 is 2.93 bits per heavy atom. The molecule has 1 fully saturated rings. The minimum atomic E-state index is -1.12. The summed E-state index contributed by atoms with van der Waals surface area (Å²) < 4.78 is 20.1. The SMILES string of the molecule is CCOC(=O)[C@H]1CCCN(C(=O)c2cn(C[C@H](O)c3ccccc3F)nn2)C1. The molecular formula is C19H23FN4O4. The monoisotopic (exact) mass is 390 g/mol. The van der Waals surface area contributed by atoms with Crippen LogP contribution in [0.4, 0.5) is 4.39 Å². The van der Waals surface area contributed by atoms with Crippen molar-refractivity contribution in [2.24, 2.45) is 5.92 Å². The number of carbonyl (C=O) groups excluding carboxylic acids is 2. The summed E-state index contributed by atoms with van der Waals surface area (Å²) in [4.78, 5) is 26.2. The number of carbonyl (C=O) groups is 2. The average Bonchev–Trinajstić information content (AvgIpc) is 3.16. The van der Waals surface area contributed by atoms with E-state index in [4.69, 9.17) is 4.74 Å². The van der Waals surface area contributed by atoms with E-state index in [9.17, 15) is 19.1 Å². The molecule has 2 atom stereocenters. The topological polar surface area (TPSA) is 97.5 Å². The third-order valence-corrected chi connectivity index (χ3v) is 4.71. The molecule has 150 valence electrons. The molecule has 1 aliphatic rings. The fraction of sp³-hybridized carbons (Fsp3) is 0.474. The van der Waals surface area contributed by atoms with E-state index in [1.54, 1.807) is 24.0 Å². The lowest BCUT2D eigenvalue weighted by atomic mass is 9.98. The van der Waals surface area contributed by atoms with Gasteiger partial charge >= 0.3 is 5.97 Å². The van der Waals surface area contributed by atoms with Crippen LogP contribution in [0.1, 0.15) is 41.9 Å². The molecule has 1 aromatic carbocycles. The largest absolute Gasteiger partial charge is 0.466 e. The second-order valence-corrected chi connectivity index (χ2v) is 6.71. The van der Waals surface area contributed by atoms with Crippen LogP contribution in [0.15, 0.2) is 30.5 Å². The number of nitrogens with zero attached hydrogens (tertiary/aromatic N) is 4. The maximum atomic E-state index is 13.8. The van der Waals surface area contributed by atoms with Crippen LogP contribution in [0.5, 0.6) is 0 Å². The molecule has 0 aliphatic carbocycles. The molecule has 8 nitrogen and oxygen atoms in total. The lowest BCUT2D eigenvalue weighted by Gasteiger charge is -2.30. The van der Waals surface area contributed by atoms with Gasteiger partial charge < -0.3 is 14.7 Å². The van der Waals surface area contributed by atoms with Crippen LogP contribution in [-0.2, 0) is 16.1 Å². The van der Waals surface area contributed by atoms with Crippen LogP contribution in [0.25, 0.3) is 0 Å². The quantitative estimate of drug-likeness (QED) is 0.752. The molecule has 0 saturated carbocycles. The van der Waals surface area contributed by atoms with Gasteiger partial charge in [-0.3, -0.25) is 9.59 Å². The average molecular weight is 390 g/mol. The molecule has 1 N–H and O–H groups in total. The molecular weight excluding hydrogens is 367 g/mol. The van der Waals surface area contributed by atoms with Gasteiger partial charge in [0.25, 0.3) is 5.91 Å². The third kappa shape index (κ3) is 4.53. The maximum absolute atomic E-state index is 13.8. The normalized spacial score (nSPS) is 18.0. The van der Waals surface area contributed by atoms with Gasteiger partial charge in [-0.25, -0.2) is 9.07 Å². The van der Waals surface area contributed by atoms with Crippen molar-refractivity contribution in [3.8, 4) is 0 Å². The van der Waals surface area contributed by atoms with E-state index < -0.39 is 11.9 Å². The van der Waals surface area contributed by atoms with E-state index in [1.807, 2.05) is 0 Å². The zero-order valence-electron chi connectivity index (χ0n) is 15.6. The highest BCUT2D eigenvalue weighted by atomic mass is 19.1. The summed E-state index contributed by atoms with van der Waals surface area (Å²) in [7, 11) is 0. The number of hydrogen-bond donors (Lipinski definition) is 1. The van der Waals surface area contributed by atoms with Crippen molar-refractivity contribution in [2.75, 3.05) is 19.7 Å². The Morgan fingerprint density at radius 1 is 1.39 bits per heavy atom. The van der Waals surface area contributed by atoms with E-state index in [-0.39, 0.29) is 42.1 Å². The molecule has 2 aromatic rings. The molecule has 2 heterocycles. The molecule has 0 unspecified atom stereocenters. The van der Waals surface area contributed by atoms with Gasteiger partial charge in [-0.1, -0.05) is 23.4 Å². The molecule has 1 saturated heterocycles. The zero-order valence-corrected chi connectivity index (χ0v) is 15.6. The molecule has 1 aromatic heterocycles. The Morgan fingerprint density at radius 2 is 2.18 bits per heavy atom. The Hall–Kier alpha value is -2.81. The zero-order chi connectivity index (χ0) is 20.1. The highest BCUT2D eigenvalue weighted by Gasteiger charge is 2.31. The smallest absolute Gasteiger partial charge is 0.310 e. The first-order valence-electron chi connectivity index (χ1n) is 9.28. The van der Waals surface area contributed by atoms with Gasteiger partial charge in [0.2, 0.25) is 0 Å². The van der Waals surface area contributed by atoms with Crippen molar-refractivity contribution >= 4 is 11.9 Å². The number of amides is 1. The number of halogens is 1.